The van der Waals surface area contributed by atoms with E-state index in [0.29, 0.717) is 19.4 Å². The number of nitrogens with zero attached hydrogens (tertiary/aromatic N) is 1. The molecular weight excluding hydrogens is 371 g/mol. The third kappa shape index (κ3) is 6.89. The standard InChI is InChI=1S/C23H29FN2O3/c1-4-20(23(28)25-17(2)3)26(15-14-18-10-6-5-7-11-18)22(27)16-29-21-13-9-8-12-19(21)24/h5-13,17,20H,4,14-16H2,1-3H3,(H,25,28)/t20-/m1/s1. The highest BCUT2D eigenvalue weighted by molar-refractivity contribution is 5.88. The lowest BCUT2D eigenvalue weighted by molar-refractivity contribution is -0.142. The molecule has 5 nitrogen and oxygen atoms in total. The molecule has 0 aliphatic rings. The van der Waals surface area contributed by atoms with Crippen LogP contribution in [0.15, 0.2) is 54.6 Å². The van der Waals surface area contributed by atoms with E-state index in [2.05, 4.69) is 5.32 Å². The first kappa shape index (κ1) is 22.4. The van der Waals surface area contributed by atoms with Gasteiger partial charge in [0.15, 0.2) is 18.2 Å². The molecule has 0 aliphatic carbocycles. The van der Waals surface area contributed by atoms with Crippen molar-refractivity contribution in [2.45, 2.75) is 45.7 Å². The molecule has 6 heteroatoms. The molecule has 0 saturated heterocycles. The zero-order valence-electron chi connectivity index (χ0n) is 17.2. The van der Waals surface area contributed by atoms with Gasteiger partial charge in [-0.15, -0.1) is 0 Å². The second-order valence-corrected chi connectivity index (χ2v) is 7.13. The summed E-state index contributed by atoms with van der Waals surface area (Å²) in [5.74, 6) is -1.06. The summed E-state index contributed by atoms with van der Waals surface area (Å²) in [5.41, 5.74) is 1.07. The zero-order chi connectivity index (χ0) is 21.2. The van der Waals surface area contributed by atoms with Crippen molar-refractivity contribution in [3.05, 3.63) is 66.0 Å². The Bertz CT molecular complexity index is 796. The summed E-state index contributed by atoms with van der Waals surface area (Å²) in [6.07, 6.45) is 1.08. The van der Waals surface area contributed by atoms with Crippen LogP contribution in [0.3, 0.4) is 0 Å². The Morgan fingerprint density at radius 3 is 2.34 bits per heavy atom. The fourth-order valence-electron chi connectivity index (χ4n) is 3.06. The van der Waals surface area contributed by atoms with E-state index in [1.165, 1.54) is 17.0 Å². The maximum absolute atomic E-state index is 13.8. The molecule has 0 saturated carbocycles. The van der Waals surface area contributed by atoms with E-state index in [1.807, 2.05) is 51.1 Å². The molecule has 0 aliphatic heterocycles. The summed E-state index contributed by atoms with van der Waals surface area (Å²) in [4.78, 5) is 27.1. The van der Waals surface area contributed by atoms with E-state index >= 15 is 0 Å². The van der Waals surface area contributed by atoms with Crippen molar-refractivity contribution in [3.63, 3.8) is 0 Å². The van der Waals surface area contributed by atoms with Gasteiger partial charge in [0.2, 0.25) is 5.91 Å². The monoisotopic (exact) mass is 400 g/mol. The van der Waals surface area contributed by atoms with Gasteiger partial charge in [-0.3, -0.25) is 9.59 Å². The van der Waals surface area contributed by atoms with Gasteiger partial charge in [-0.2, -0.15) is 0 Å². The van der Waals surface area contributed by atoms with Gasteiger partial charge in [0.25, 0.3) is 5.91 Å². The van der Waals surface area contributed by atoms with Gasteiger partial charge < -0.3 is 15.0 Å². The molecule has 0 unspecified atom stereocenters. The van der Waals surface area contributed by atoms with Gasteiger partial charge >= 0.3 is 0 Å². The second-order valence-electron chi connectivity index (χ2n) is 7.13. The van der Waals surface area contributed by atoms with E-state index < -0.39 is 11.9 Å². The van der Waals surface area contributed by atoms with Crippen LogP contribution in [0.2, 0.25) is 0 Å². The van der Waals surface area contributed by atoms with Crippen LogP contribution in [-0.4, -0.2) is 41.9 Å². The van der Waals surface area contributed by atoms with E-state index in [9.17, 15) is 14.0 Å². The van der Waals surface area contributed by atoms with Crippen LogP contribution in [0.4, 0.5) is 4.39 Å². The van der Waals surface area contributed by atoms with E-state index in [-0.39, 0.29) is 30.2 Å². The maximum Gasteiger partial charge on any atom is 0.261 e. The SMILES string of the molecule is CC[C@H](C(=O)NC(C)C)N(CCc1ccccc1)C(=O)COc1ccccc1F. The van der Waals surface area contributed by atoms with Gasteiger partial charge in [-0.25, -0.2) is 4.39 Å². The van der Waals surface area contributed by atoms with Gasteiger partial charge in [-0.05, 0) is 44.4 Å². The number of halogens is 1. The quantitative estimate of drug-likeness (QED) is 0.663. The highest BCUT2D eigenvalue weighted by Gasteiger charge is 2.29. The first-order valence-electron chi connectivity index (χ1n) is 9.93. The Balaban J connectivity index is 2.13. The van der Waals surface area contributed by atoms with Crippen LogP contribution < -0.4 is 10.1 Å². The fraction of sp³-hybridized carbons (Fsp3) is 0.391. The number of carbonyl (C=O) groups excluding carboxylic acids is 2. The molecular formula is C23H29FN2O3. The number of carbonyl (C=O) groups is 2. The molecule has 2 aromatic rings. The lowest BCUT2D eigenvalue weighted by Gasteiger charge is -2.31. The molecule has 0 aromatic heterocycles. The Morgan fingerprint density at radius 2 is 1.72 bits per heavy atom. The summed E-state index contributed by atoms with van der Waals surface area (Å²) in [7, 11) is 0. The number of hydrogen-bond acceptors (Lipinski definition) is 3. The van der Waals surface area contributed by atoms with E-state index in [1.54, 1.807) is 12.1 Å². The molecule has 0 heterocycles. The van der Waals surface area contributed by atoms with Crippen LogP contribution in [0.1, 0.15) is 32.8 Å². The van der Waals surface area contributed by atoms with Crippen LogP contribution >= 0.6 is 0 Å². The smallest absolute Gasteiger partial charge is 0.261 e. The molecule has 2 amide bonds. The van der Waals surface area contributed by atoms with E-state index in [0.717, 1.165) is 5.56 Å². The molecule has 0 spiro atoms. The topological polar surface area (TPSA) is 58.6 Å². The minimum absolute atomic E-state index is 0.0172. The van der Waals surface area contributed by atoms with Gasteiger partial charge in [0.1, 0.15) is 6.04 Å². The van der Waals surface area contributed by atoms with Crippen molar-refractivity contribution in [2.24, 2.45) is 0 Å². The van der Waals surface area contributed by atoms with Crippen molar-refractivity contribution in [1.29, 1.82) is 0 Å². The number of ether oxygens (including phenoxy) is 1. The average Bonchev–Trinajstić information content (AvgIpc) is 2.70. The lowest BCUT2D eigenvalue weighted by Crippen LogP contribution is -2.52. The van der Waals surface area contributed by atoms with Crippen molar-refractivity contribution in [1.82, 2.24) is 10.2 Å². The maximum atomic E-state index is 13.8. The fourth-order valence-corrected chi connectivity index (χ4v) is 3.06. The molecule has 0 radical (unpaired) electrons. The van der Waals surface area contributed by atoms with Crippen molar-refractivity contribution >= 4 is 11.8 Å². The summed E-state index contributed by atoms with van der Waals surface area (Å²) < 4.78 is 19.2. The molecule has 0 bridgehead atoms. The number of hydrogen-bond donors (Lipinski definition) is 1. The van der Waals surface area contributed by atoms with Crippen LogP contribution in [0.25, 0.3) is 0 Å². The van der Waals surface area contributed by atoms with Gasteiger partial charge in [0.05, 0.1) is 0 Å². The molecule has 1 atom stereocenters. The molecule has 156 valence electrons. The normalized spacial score (nSPS) is 11.8. The first-order valence-corrected chi connectivity index (χ1v) is 9.93. The second kappa shape index (κ2) is 11.2. The average molecular weight is 400 g/mol. The Kier molecular flexibility index (Phi) is 8.65. The molecule has 0 fully saturated rings. The van der Waals surface area contributed by atoms with Crippen LogP contribution in [0.5, 0.6) is 5.75 Å². The molecule has 2 aromatic carbocycles. The molecule has 1 N–H and O–H groups in total. The summed E-state index contributed by atoms with van der Waals surface area (Å²) in [6, 6.07) is 15.1. The Hall–Kier alpha value is -2.89. The largest absolute Gasteiger partial charge is 0.481 e. The predicted octanol–water partition coefficient (Wildman–Crippen LogP) is 3.58. The lowest BCUT2D eigenvalue weighted by atomic mass is 10.1. The predicted molar refractivity (Wildman–Crippen MR) is 111 cm³/mol. The Morgan fingerprint density at radius 1 is 1.07 bits per heavy atom. The van der Waals surface area contributed by atoms with Crippen molar-refractivity contribution in [2.75, 3.05) is 13.2 Å². The minimum atomic E-state index is -0.613. The molecule has 29 heavy (non-hydrogen) atoms. The third-order valence-electron chi connectivity index (χ3n) is 4.49. The molecule has 2 rings (SSSR count). The number of benzene rings is 2. The van der Waals surface area contributed by atoms with Crippen LogP contribution in [-0.2, 0) is 16.0 Å². The van der Waals surface area contributed by atoms with Crippen LogP contribution in [0, 0.1) is 5.82 Å². The summed E-state index contributed by atoms with van der Waals surface area (Å²) in [5, 5.41) is 2.88. The summed E-state index contributed by atoms with van der Waals surface area (Å²) in [6.45, 7) is 5.66. The Labute approximate surface area is 171 Å². The van der Waals surface area contributed by atoms with Gasteiger partial charge in [-0.1, -0.05) is 49.4 Å². The van der Waals surface area contributed by atoms with Gasteiger partial charge in [0, 0.05) is 12.6 Å². The first-order chi connectivity index (χ1) is 13.9. The third-order valence-corrected chi connectivity index (χ3v) is 4.49. The van der Waals surface area contributed by atoms with Crippen molar-refractivity contribution in [3.8, 4) is 5.75 Å². The van der Waals surface area contributed by atoms with E-state index in [4.69, 9.17) is 4.74 Å². The summed E-state index contributed by atoms with van der Waals surface area (Å²) >= 11 is 0. The number of nitrogens with one attached hydrogen (secondary N) is 1. The number of para-hydroxylation sites is 1. The number of amides is 2. The van der Waals surface area contributed by atoms with Crippen molar-refractivity contribution < 1.29 is 18.7 Å². The highest BCUT2D eigenvalue weighted by Crippen LogP contribution is 2.16. The minimum Gasteiger partial charge on any atom is -0.481 e. The zero-order valence-corrected chi connectivity index (χ0v) is 17.2. The number of rotatable bonds is 10. The highest BCUT2D eigenvalue weighted by atomic mass is 19.1.